The lowest BCUT2D eigenvalue weighted by molar-refractivity contribution is -0.137. The number of carbonyl (C=O) groups excluding carboxylic acids is 1. The van der Waals surface area contributed by atoms with Gasteiger partial charge in [-0.15, -0.1) is 0 Å². The SMILES string of the molecule is CC(C)c1noc(N2CCN(C(=O)[C@@H]3CCCN(S(=O)(=O)c4ccc(S(=O)(=O)NC(C)(C)C)cc4)C3)CC2)n1. The maximum atomic E-state index is 13.4. The summed E-state index contributed by atoms with van der Waals surface area (Å²) in [5.74, 6) is 0.307. The molecule has 0 unspecified atom stereocenters. The van der Waals surface area contributed by atoms with E-state index >= 15 is 0 Å². The number of rotatable bonds is 7. The maximum absolute atomic E-state index is 13.4. The van der Waals surface area contributed by atoms with Crippen molar-refractivity contribution in [2.24, 2.45) is 5.92 Å². The van der Waals surface area contributed by atoms with Crippen LogP contribution in [0.15, 0.2) is 38.6 Å². The number of piperazine rings is 1. The van der Waals surface area contributed by atoms with Gasteiger partial charge >= 0.3 is 6.01 Å². The number of piperidine rings is 1. The fourth-order valence-corrected chi connectivity index (χ4v) is 7.67. The third kappa shape index (κ3) is 6.79. The van der Waals surface area contributed by atoms with Crippen molar-refractivity contribution in [3.63, 3.8) is 0 Å². The molecular weight excluding hydrogens is 544 g/mol. The van der Waals surface area contributed by atoms with Crippen LogP contribution in [-0.2, 0) is 24.8 Å². The molecule has 3 heterocycles. The Hall–Kier alpha value is -2.55. The third-order valence-electron chi connectivity index (χ3n) is 6.76. The highest BCUT2D eigenvalue weighted by Gasteiger charge is 2.36. The van der Waals surface area contributed by atoms with E-state index in [2.05, 4.69) is 14.9 Å². The summed E-state index contributed by atoms with van der Waals surface area (Å²) >= 11 is 0. The zero-order valence-electron chi connectivity index (χ0n) is 23.1. The van der Waals surface area contributed by atoms with Gasteiger partial charge in [-0.05, 0) is 57.9 Å². The number of sulfonamides is 2. The lowest BCUT2D eigenvalue weighted by Crippen LogP contribution is -2.53. The molecule has 0 spiro atoms. The standard InChI is InChI=1S/C25H38N6O6S2/c1-18(2)22-26-24(37-27-22)30-15-13-29(14-16-30)23(32)19-7-6-12-31(17-19)39(35,36)21-10-8-20(9-11-21)38(33,34)28-25(3,4)5/h8-11,18-19,28H,6-7,12-17H2,1-5H3/t19-/m1/s1. The minimum atomic E-state index is -3.89. The van der Waals surface area contributed by atoms with Crippen LogP contribution >= 0.6 is 0 Å². The van der Waals surface area contributed by atoms with E-state index < -0.39 is 31.5 Å². The topological polar surface area (TPSA) is 146 Å². The van der Waals surface area contributed by atoms with E-state index in [-0.39, 0.29) is 28.2 Å². The zero-order chi connectivity index (χ0) is 28.6. The first-order valence-corrected chi connectivity index (χ1v) is 16.1. The summed E-state index contributed by atoms with van der Waals surface area (Å²) in [7, 11) is -7.68. The molecule has 1 aromatic carbocycles. The molecule has 0 bridgehead atoms. The van der Waals surface area contributed by atoms with Crippen LogP contribution < -0.4 is 9.62 Å². The summed E-state index contributed by atoms with van der Waals surface area (Å²) in [6.07, 6.45) is 1.18. The number of anilines is 1. The van der Waals surface area contributed by atoms with Crippen LogP contribution in [-0.4, -0.2) is 86.9 Å². The van der Waals surface area contributed by atoms with E-state index in [1.165, 1.54) is 28.6 Å². The van der Waals surface area contributed by atoms with Gasteiger partial charge in [0.2, 0.25) is 26.0 Å². The fourth-order valence-electron chi connectivity index (χ4n) is 4.73. The molecule has 12 nitrogen and oxygen atoms in total. The van der Waals surface area contributed by atoms with Gasteiger partial charge in [0.15, 0.2) is 5.82 Å². The number of hydrogen-bond acceptors (Lipinski definition) is 9. The van der Waals surface area contributed by atoms with Crippen molar-refractivity contribution < 1.29 is 26.2 Å². The molecule has 1 N–H and O–H groups in total. The van der Waals surface area contributed by atoms with Crippen molar-refractivity contribution in [2.45, 2.75) is 68.7 Å². The molecule has 0 saturated carbocycles. The first-order valence-electron chi connectivity index (χ1n) is 13.2. The Morgan fingerprint density at radius 1 is 1.00 bits per heavy atom. The number of amides is 1. The molecule has 2 aliphatic rings. The van der Waals surface area contributed by atoms with Crippen LogP contribution in [0.25, 0.3) is 0 Å². The van der Waals surface area contributed by atoms with E-state index in [4.69, 9.17) is 4.52 Å². The molecule has 39 heavy (non-hydrogen) atoms. The van der Waals surface area contributed by atoms with Crippen LogP contribution in [0.2, 0.25) is 0 Å². The van der Waals surface area contributed by atoms with E-state index in [0.717, 1.165) is 0 Å². The van der Waals surface area contributed by atoms with E-state index in [1.54, 1.807) is 25.7 Å². The van der Waals surface area contributed by atoms with Gasteiger partial charge in [-0.1, -0.05) is 19.0 Å². The molecule has 2 fully saturated rings. The maximum Gasteiger partial charge on any atom is 0.324 e. The molecule has 2 saturated heterocycles. The van der Waals surface area contributed by atoms with Gasteiger partial charge in [0, 0.05) is 50.7 Å². The molecule has 1 aromatic heterocycles. The van der Waals surface area contributed by atoms with Crippen molar-refractivity contribution in [3.05, 3.63) is 30.1 Å². The first-order chi connectivity index (χ1) is 18.2. The molecule has 1 amide bonds. The zero-order valence-corrected chi connectivity index (χ0v) is 24.8. The summed E-state index contributed by atoms with van der Waals surface area (Å²) in [6, 6.07) is 5.65. The number of nitrogens with one attached hydrogen (secondary N) is 1. The number of nitrogens with zero attached hydrogens (tertiary/aromatic N) is 5. The molecule has 0 radical (unpaired) electrons. The average Bonchev–Trinajstić information content (AvgIpc) is 3.38. The lowest BCUT2D eigenvalue weighted by atomic mass is 9.98. The van der Waals surface area contributed by atoms with Crippen LogP contribution in [0.5, 0.6) is 0 Å². The molecule has 216 valence electrons. The normalized spacial score (nSPS) is 20.0. The van der Waals surface area contributed by atoms with Crippen molar-refractivity contribution in [1.29, 1.82) is 0 Å². The summed E-state index contributed by atoms with van der Waals surface area (Å²) < 4.78 is 61.2. The molecule has 4 rings (SSSR count). The van der Waals surface area contributed by atoms with Crippen molar-refractivity contribution in [2.75, 3.05) is 44.2 Å². The number of hydrogen-bond donors (Lipinski definition) is 1. The van der Waals surface area contributed by atoms with Crippen molar-refractivity contribution in [3.8, 4) is 0 Å². The highest BCUT2D eigenvalue weighted by atomic mass is 32.2. The second-order valence-corrected chi connectivity index (χ2v) is 15.1. The van der Waals surface area contributed by atoms with Crippen molar-refractivity contribution in [1.82, 2.24) is 24.1 Å². The molecule has 2 aliphatic heterocycles. The van der Waals surface area contributed by atoms with Gasteiger partial charge in [0.05, 0.1) is 15.7 Å². The smallest absolute Gasteiger partial charge is 0.324 e. The van der Waals surface area contributed by atoms with Gasteiger partial charge in [0.25, 0.3) is 0 Å². The van der Waals surface area contributed by atoms with Crippen LogP contribution in [0.4, 0.5) is 6.01 Å². The second kappa shape index (κ2) is 11.1. The molecule has 2 aromatic rings. The predicted molar refractivity (Wildman–Crippen MR) is 145 cm³/mol. The highest BCUT2D eigenvalue weighted by molar-refractivity contribution is 7.89. The number of aromatic nitrogens is 2. The summed E-state index contributed by atoms with van der Waals surface area (Å²) in [6.45, 7) is 11.6. The molecule has 14 heteroatoms. The first kappa shape index (κ1) is 29.4. The van der Waals surface area contributed by atoms with Crippen LogP contribution in [0, 0.1) is 5.92 Å². The quantitative estimate of drug-likeness (QED) is 0.518. The Morgan fingerprint density at radius 2 is 1.62 bits per heavy atom. The Labute approximate surface area is 230 Å². The Kier molecular flexibility index (Phi) is 8.41. The Balaban J connectivity index is 1.38. The molecule has 0 aliphatic carbocycles. The lowest BCUT2D eigenvalue weighted by Gasteiger charge is -2.38. The third-order valence-corrected chi connectivity index (χ3v) is 10.4. The van der Waals surface area contributed by atoms with Gasteiger partial charge in [-0.3, -0.25) is 4.79 Å². The molecule has 1 atom stereocenters. The predicted octanol–water partition coefficient (Wildman–Crippen LogP) is 2.02. The van der Waals surface area contributed by atoms with Crippen molar-refractivity contribution >= 4 is 32.0 Å². The second-order valence-electron chi connectivity index (χ2n) is 11.4. The van der Waals surface area contributed by atoms with Crippen LogP contribution in [0.1, 0.15) is 59.2 Å². The average molecular weight is 583 g/mol. The monoisotopic (exact) mass is 582 g/mol. The van der Waals surface area contributed by atoms with Crippen LogP contribution in [0.3, 0.4) is 0 Å². The summed E-state index contributed by atoms with van der Waals surface area (Å²) in [5, 5.41) is 4.00. The van der Waals surface area contributed by atoms with Gasteiger partial charge < -0.3 is 14.3 Å². The van der Waals surface area contributed by atoms with Gasteiger partial charge in [-0.25, -0.2) is 21.6 Å². The minimum Gasteiger partial charge on any atom is -0.339 e. The number of carbonyl (C=O) groups is 1. The van der Waals surface area contributed by atoms with E-state index in [1.807, 2.05) is 18.7 Å². The fraction of sp³-hybridized carbons (Fsp3) is 0.640. The highest BCUT2D eigenvalue weighted by Crippen LogP contribution is 2.27. The summed E-state index contributed by atoms with van der Waals surface area (Å²) in [4.78, 5) is 21.5. The Bertz CT molecular complexity index is 1370. The number of benzene rings is 1. The Morgan fingerprint density at radius 3 is 2.18 bits per heavy atom. The summed E-state index contributed by atoms with van der Waals surface area (Å²) in [5.41, 5.74) is -0.671. The largest absolute Gasteiger partial charge is 0.339 e. The van der Waals surface area contributed by atoms with E-state index in [0.29, 0.717) is 57.4 Å². The van der Waals surface area contributed by atoms with Gasteiger partial charge in [-0.2, -0.15) is 9.29 Å². The molecular formula is C25H38N6O6S2. The minimum absolute atomic E-state index is 0.000698. The van der Waals surface area contributed by atoms with Gasteiger partial charge in [0.1, 0.15) is 0 Å². The van der Waals surface area contributed by atoms with E-state index in [9.17, 15) is 21.6 Å².